The standard InChI is InChI=1S/C20H29N3O4/c1-13-16(20(26)27-3)14(2)21-17(13)19(25)23-11-7-15(8-12-23)18(24)22-9-5-4-6-10-22/h15,21H,4-12H2,1-3H3. The van der Waals surface area contributed by atoms with Crippen molar-refractivity contribution >= 4 is 17.8 Å². The Hall–Kier alpha value is -2.31. The van der Waals surface area contributed by atoms with Crippen LogP contribution in [0.2, 0.25) is 0 Å². The van der Waals surface area contributed by atoms with Gasteiger partial charge in [0, 0.05) is 37.8 Å². The second-order valence-corrected chi connectivity index (χ2v) is 7.57. The number of esters is 1. The maximum absolute atomic E-state index is 12.9. The Kier molecular flexibility index (Phi) is 5.87. The number of H-pyrrole nitrogens is 1. The van der Waals surface area contributed by atoms with Gasteiger partial charge >= 0.3 is 5.97 Å². The number of carbonyl (C=O) groups excluding carboxylic acids is 3. The summed E-state index contributed by atoms with van der Waals surface area (Å²) >= 11 is 0. The lowest BCUT2D eigenvalue weighted by atomic mass is 9.94. The molecule has 0 spiro atoms. The Morgan fingerprint density at radius 3 is 2.19 bits per heavy atom. The van der Waals surface area contributed by atoms with Crippen molar-refractivity contribution in [2.45, 2.75) is 46.0 Å². The molecule has 1 aromatic rings. The molecular weight excluding hydrogens is 346 g/mol. The highest BCUT2D eigenvalue weighted by Gasteiger charge is 2.32. The first-order valence-corrected chi connectivity index (χ1v) is 9.79. The number of aryl methyl sites for hydroxylation is 1. The van der Waals surface area contributed by atoms with Gasteiger partial charge in [-0.3, -0.25) is 9.59 Å². The SMILES string of the molecule is COC(=O)c1c(C)[nH]c(C(=O)N2CCC(C(=O)N3CCCCC3)CC2)c1C. The molecule has 2 aliphatic heterocycles. The van der Waals surface area contributed by atoms with Crippen molar-refractivity contribution < 1.29 is 19.1 Å². The van der Waals surface area contributed by atoms with Crippen LogP contribution in [-0.4, -0.2) is 65.9 Å². The van der Waals surface area contributed by atoms with E-state index in [-0.39, 0.29) is 17.7 Å². The summed E-state index contributed by atoms with van der Waals surface area (Å²) in [4.78, 5) is 44.3. The van der Waals surface area contributed by atoms with Gasteiger partial charge in [-0.15, -0.1) is 0 Å². The third kappa shape index (κ3) is 3.87. The van der Waals surface area contributed by atoms with Crippen LogP contribution in [0.15, 0.2) is 0 Å². The molecule has 3 rings (SSSR count). The third-order valence-corrected chi connectivity index (χ3v) is 5.84. The van der Waals surface area contributed by atoms with Gasteiger partial charge in [-0.05, 0) is 51.5 Å². The van der Waals surface area contributed by atoms with E-state index < -0.39 is 5.97 Å². The Morgan fingerprint density at radius 1 is 0.963 bits per heavy atom. The van der Waals surface area contributed by atoms with Crippen LogP contribution < -0.4 is 0 Å². The zero-order valence-corrected chi connectivity index (χ0v) is 16.5. The fourth-order valence-electron chi connectivity index (χ4n) is 4.23. The Labute approximate surface area is 160 Å². The summed E-state index contributed by atoms with van der Waals surface area (Å²) in [5, 5.41) is 0. The minimum atomic E-state index is -0.439. The first-order chi connectivity index (χ1) is 12.9. The monoisotopic (exact) mass is 375 g/mol. The predicted octanol–water partition coefficient (Wildman–Crippen LogP) is 2.28. The van der Waals surface area contributed by atoms with Crippen LogP contribution >= 0.6 is 0 Å². The molecule has 1 aromatic heterocycles. The molecule has 7 nitrogen and oxygen atoms in total. The number of amides is 2. The van der Waals surface area contributed by atoms with Gasteiger partial charge in [-0.2, -0.15) is 0 Å². The van der Waals surface area contributed by atoms with Crippen LogP contribution in [0.3, 0.4) is 0 Å². The first kappa shape index (κ1) is 19.5. The zero-order chi connectivity index (χ0) is 19.6. The summed E-state index contributed by atoms with van der Waals surface area (Å²) < 4.78 is 4.81. The fraction of sp³-hybridized carbons (Fsp3) is 0.650. The van der Waals surface area contributed by atoms with Crippen LogP contribution in [0.4, 0.5) is 0 Å². The number of rotatable bonds is 3. The van der Waals surface area contributed by atoms with Crippen molar-refractivity contribution in [3.63, 3.8) is 0 Å². The van der Waals surface area contributed by atoms with Crippen LogP contribution in [0.5, 0.6) is 0 Å². The van der Waals surface area contributed by atoms with Crippen molar-refractivity contribution in [2.75, 3.05) is 33.3 Å². The molecule has 148 valence electrons. The number of aromatic amines is 1. The summed E-state index contributed by atoms with van der Waals surface area (Å²) in [6.07, 6.45) is 4.79. The van der Waals surface area contributed by atoms with E-state index in [1.165, 1.54) is 13.5 Å². The fourth-order valence-corrected chi connectivity index (χ4v) is 4.23. The highest BCUT2D eigenvalue weighted by Crippen LogP contribution is 2.25. The lowest BCUT2D eigenvalue weighted by Crippen LogP contribution is -2.45. The van der Waals surface area contributed by atoms with Crippen LogP contribution in [0, 0.1) is 19.8 Å². The number of nitrogens with zero attached hydrogens (tertiary/aromatic N) is 2. The van der Waals surface area contributed by atoms with Crippen LogP contribution in [-0.2, 0) is 9.53 Å². The van der Waals surface area contributed by atoms with E-state index in [9.17, 15) is 14.4 Å². The van der Waals surface area contributed by atoms with E-state index in [0.29, 0.717) is 48.4 Å². The largest absolute Gasteiger partial charge is 0.465 e. The molecule has 0 unspecified atom stereocenters. The highest BCUT2D eigenvalue weighted by molar-refractivity contribution is 6.00. The van der Waals surface area contributed by atoms with E-state index in [0.717, 1.165) is 25.9 Å². The van der Waals surface area contributed by atoms with Gasteiger partial charge in [-0.1, -0.05) is 0 Å². The highest BCUT2D eigenvalue weighted by atomic mass is 16.5. The zero-order valence-electron chi connectivity index (χ0n) is 16.5. The van der Waals surface area contributed by atoms with Crippen LogP contribution in [0.25, 0.3) is 0 Å². The molecule has 7 heteroatoms. The molecule has 2 aliphatic rings. The number of methoxy groups -OCH3 is 1. The van der Waals surface area contributed by atoms with Crippen molar-refractivity contribution in [1.82, 2.24) is 14.8 Å². The van der Waals surface area contributed by atoms with Crippen LogP contribution in [0.1, 0.15) is 64.2 Å². The van der Waals surface area contributed by atoms with E-state index in [4.69, 9.17) is 4.74 Å². The summed E-state index contributed by atoms with van der Waals surface area (Å²) in [6, 6.07) is 0. The average Bonchev–Trinajstić information content (AvgIpc) is 3.01. The Balaban J connectivity index is 1.63. The van der Waals surface area contributed by atoms with Crippen molar-refractivity contribution in [2.24, 2.45) is 5.92 Å². The van der Waals surface area contributed by atoms with Gasteiger partial charge in [0.1, 0.15) is 5.69 Å². The molecule has 3 heterocycles. The number of carbonyl (C=O) groups is 3. The van der Waals surface area contributed by atoms with E-state index in [2.05, 4.69) is 4.98 Å². The lowest BCUT2D eigenvalue weighted by molar-refractivity contribution is -0.137. The molecule has 2 fully saturated rings. The molecule has 1 N–H and O–H groups in total. The predicted molar refractivity (Wildman–Crippen MR) is 101 cm³/mol. The molecule has 0 atom stereocenters. The molecule has 0 aromatic carbocycles. The maximum atomic E-state index is 12.9. The molecule has 2 amide bonds. The normalized spacial score (nSPS) is 18.5. The van der Waals surface area contributed by atoms with E-state index in [1.54, 1.807) is 18.7 Å². The van der Waals surface area contributed by atoms with Gasteiger partial charge in [0.25, 0.3) is 5.91 Å². The number of piperidine rings is 2. The average molecular weight is 375 g/mol. The Morgan fingerprint density at radius 2 is 1.59 bits per heavy atom. The van der Waals surface area contributed by atoms with Gasteiger partial charge in [-0.25, -0.2) is 4.79 Å². The maximum Gasteiger partial charge on any atom is 0.339 e. The van der Waals surface area contributed by atoms with Gasteiger partial charge in [0.15, 0.2) is 0 Å². The Bertz CT molecular complexity index is 726. The molecule has 27 heavy (non-hydrogen) atoms. The summed E-state index contributed by atoms with van der Waals surface area (Å²) in [5.74, 6) is -0.285. The number of nitrogens with one attached hydrogen (secondary N) is 1. The number of hydrogen-bond donors (Lipinski definition) is 1. The molecule has 0 aliphatic carbocycles. The molecule has 2 saturated heterocycles. The van der Waals surface area contributed by atoms with Crippen molar-refractivity contribution in [3.05, 3.63) is 22.5 Å². The topological polar surface area (TPSA) is 82.7 Å². The molecule has 0 saturated carbocycles. The van der Waals surface area contributed by atoms with E-state index in [1.807, 2.05) is 4.90 Å². The quantitative estimate of drug-likeness (QED) is 0.822. The summed E-state index contributed by atoms with van der Waals surface area (Å²) in [6.45, 7) is 6.39. The first-order valence-electron chi connectivity index (χ1n) is 9.79. The lowest BCUT2D eigenvalue weighted by Gasteiger charge is -2.35. The molecule has 0 radical (unpaired) electrons. The van der Waals surface area contributed by atoms with Gasteiger partial charge < -0.3 is 19.5 Å². The third-order valence-electron chi connectivity index (χ3n) is 5.84. The summed E-state index contributed by atoms with van der Waals surface area (Å²) in [7, 11) is 1.33. The summed E-state index contributed by atoms with van der Waals surface area (Å²) in [5.41, 5.74) is 2.12. The van der Waals surface area contributed by atoms with Gasteiger partial charge in [0.2, 0.25) is 5.91 Å². The smallest absolute Gasteiger partial charge is 0.339 e. The van der Waals surface area contributed by atoms with Gasteiger partial charge in [0.05, 0.1) is 12.7 Å². The second kappa shape index (κ2) is 8.15. The van der Waals surface area contributed by atoms with E-state index >= 15 is 0 Å². The number of hydrogen-bond acceptors (Lipinski definition) is 4. The van der Waals surface area contributed by atoms with Crippen molar-refractivity contribution in [3.8, 4) is 0 Å². The minimum Gasteiger partial charge on any atom is -0.465 e. The number of ether oxygens (including phenoxy) is 1. The minimum absolute atomic E-state index is 0.0178. The molecular formula is C20H29N3O4. The number of likely N-dealkylation sites (tertiary alicyclic amines) is 2. The van der Waals surface area contributed by atoms with Crippen molar-refractivity contribution in [1.29, 1.82) is 0 Å². The second-order valence-electron chi connectivity index (χ2n) is 7.57. The molecule has 0 bridgehead atoms. The number of aromatic nitrogens is 1.